The van der Waals surface area contributed by atoms with Gasteiger partial charge in [0.2, 0.25) is 0 Å². The maximum atomic E-state index is 11.1. The molecule has 0 saturated carbocycles. The number of carbonyl (C=O) groups is 1. The Morgan fingerprint density at radius 3 is 2.52 bits per heavy atom. The molecule has 3 nitrogen and oxygen atoms in total. The summed E-state index contributed by atoms with van der Waals surface area (Å²) in [6, 6.07) is 9.91. The monoisotopic (exact) mass is 282 g/mol. The minimum atomic E-state index is -0.103. The summed E-state index contributed by atoms with van der Waals surface area (Å²) in [4.78, 5) is 11.1. The average molecular weight is 282 g/mol. The van der Waals surface area contributed by atoms with E-state index in [2.05, 4.69) is 18.2 Å². The number of aldehydes is 1. The average Bonchev–Trinajstić information content (AvgIpc) is 2.54. The molecule has 0 aromatic heterocycles. The molecule has 3 rings (SSSR count). The summed E-state index contributed by atoms with van der Waals surface area (Å²) >= 11 is 0. The van der Waals surface area contributed by atoms with Gasteiger partial charge in [0, 0.05) is 0 Å². The van der Waals surface area contributed by atoms with Crippen molar-refractivity contribution in [3.63, 3.8) is 0 Å². The molecule has 0 atom stereocenters. The maximum Gasteiger partial charge on any atom is 0.168 e. The molecule has 3 heteroatoms. The Balaban J connectivity index is 2.09. The van der Waals surface area contributed by atoms with Gasteiger partial charge in [-0.2, -0.15) is 0 Å². The first-order valence-electron chi connectivity index (χ1n) is 7.21. The van der Waals surface area contributed by atoms with Gasteiger partial charge in [0.1, 0.15) is 0 Å². The van der Waals surface area contributed by atoms with Gasteiger partial charge in [-0.25, -0.2) is 0 Å². The number of phenols is 1. The molecule has 2 aromatic rings. The van der Waals surface area contributed by atoms with Crippen LogP contribution in [0.25, 0.3) is 11.1 Å². The fraction of sp³-hybridized carbons (Fsp3) is 0.278. The van der Waals surface area contributed by atoms with Gasteiger partial charge in [0.25, 0.3) is 0 Å². The van der Waals surface area contributed by atoms with Crippen molar-refractivity contribution >= 4 is 6.29 Å². The Hall–Kier alpha value is -2.29. The number of aryl methyl sites for hydroxylation is 2. The molecular weight excluding hydrogens is 264 g/mol. The quantitative estimate of drug-likeness (QED) is 0.872. The third-order valence-corrected chi connectivity index (χ3v) is 4.13. The molecular formula is C18H18O3. The number of benzene rings is 2. The molecule has 0 heterocycles. The van der Waals surface area contributed by atoms with E-state index in [9.17, 15) is 9.90 Å². The topological polar surface area (TPSA) is 46.5 Å². The van der Waals surface area contributed by atoms with E-state index in [4.69, 9.17) is 4.74 Å². The summed E-state index contributed by atoms with van der Waals surface area (Å²) < 4.78 is 5.15. The Kier molecular flexibility index (Phi) is 3.65. The predicted molar refractivity (Wildman–Crippen MR) is 82.1 cm³/mol. The minimum absolute atomic E-state index is 0.103. The molecule has 0 aliphatic heterocycles. The zero-order valence-corrected chi connectivity index (χ0v) is 12.1. The smallest absolute Gasteiger partial charge is 0.168 e. The van der Waals surface area contributed by atoms with Gasteiger partial charge >= 0.3 is 0 Å². The summed E-state index contributed by atoms with van der Waals surface area (Å²) in [5, 5.41) is 9.90. The van der Waals surface area contributed by atoms with Crippen LogP contribution in [0.15, 0.2) is 30.3 Å². The highest BCUT2D eigenvalue weighted by Gasteiger charge is 2.14. The molecule has 1 aliphatic carbocycles. The zero-order valence-electron chi connectivity index (χ0n) is 12.1. The van der Waals surface area contributed by atoms with E-state index in [1.165, 1.54) is 31.1 Å². The molecule has 0 bridgehead atoms. The molecule has 1 aliphatic rings. The number of aromatic hydroxyl groups is 1. The van der Waals surface area contributed by atoms with Crippen LogP contribution < -0.4 is 4.74 Å². The second-order valence-electron chi connectivity index (χ2n) is 5.42. The first kappa shape index (κ1) is 13.7. The second kappa shape index (κ2) is 5.60. The van der Waals surface area contributed by atoms with Gasteiger partial charge in [0.05, 0.1) is 12.7 Å². The van der Waals surface area contributed by atoms with E-state index in [-0.39, 0.29) is 11.3 Å². The van der Waals surface area contributed by atoms with E-state index in [0.717, 1.165) is 24.0 Å². The number of methoxy groups -OCH3 is 1. The highest BCUT2D eigenvalue weighted by atomic mass is 16.5. The van der Waals surface area contributed by atoms with Crippen molar-refractivity contribution < 1.29 is 14.6 Å². The third-order valence-electron chi connectivity index (χ3n) is 4.13. The van der Waals surface area contributed by atoms with Crippen LogP contribution in [0.1, 0.15) is 34.3 Å². The van der Waals surface area contributed by atoms with E-state index in [1.807, 2.05) is 0 Å². The summed E-state index contributed by atoms with van der Waals surface area (Å²) in [6.45, 7) is 0. The molecule has 0 radical (unpaired) electrons. The van der Waals surface area contributed by atoms with Crippen molar-refractivity contribution in [2.45, 2.75) is 25.7 Å². The van der Waals surface area contributed by atoms with E-state index < -0.39 is 0 Å². The largest absolute Gasteiger partial charge is 0.504 e. The van der Waals surface area contributed by atoms with E-state index in [1.54, 1.807) is 12.1 Å². The predicted octanol–water partition coefficient (Wildman–Crippen LogP) is 3.76. The number of hydrogen-bond donors (Lipinski definition) is 1. The van der Waals surface area contributed by atoms with Crippen molar-refractivity contribution in [3.05, 3.63) is 47.0 Å². The van der Waals surface area contributed by atoms with Gasteiger partial charge in [-0.15, -0.1) is 0 Å². The van der Waals surface area contributed by atoms with Crippen molar-refractivity contribution in [2.24, 2.45) is 0 Å². The lowest BCUT2D eigenvalue weighted by Crippen LogP contribution is -2.02. The van der Waals surface area contributed by atoms with Crippen LogP contribution in [0.2, 0.25) is 0 Å². The van der Waals surface area contributed by atoms with Crippen molar-refractivity contribution in [2.75, 3.05) is 7.11 Å². The van der Waals surface area contributed by atoms with Crippen LogP contribution in [-0.2, 0) is 12.8 Å². The first-order valence-corrected chi connectivity index (χ1v) is 7.21. The van der Waals surface area contributed by atoms with Crippen LogP contribution in [0.4, 0.5) is 0 Å². The van der Waals surface area contributed by atoms with Crippen molar-refractivity contribution in [1.82, 2.24) is 0 Å². The number of fused-ring (bicyclic) bond motifs is 1. The molecule has 1 N–H and O–H groups in total. The third kappa shape index (κ3) is 2.51. The van der Waals surface area contributed by atoms with Crippen LogP contribution in [0.5, 0.6) is 11.5 Å². The van der Waals surface area contributed by atoms with Gasteiger partial charge in [-0.1, -0.05) is 18.2 Å². The SMILES string of the molecule is COc1cc(-c2ccc3c(c2)CCCC3)cc(C=O)c1O. The Bertz CT molecular complexity index is 689. The van der Waals surface area contributed by atoms with Crippen molar-refractivity contribution in [1.29, 1.82) is 0 Å². The number of rotatable bonds is 3. The second-order valence-corrected chi connectivity index (χ2v) is 5.42. The molecule has 21 heavy (non-hydrogen) atoms. The van der Waals surface area contributed by atoms with E-state index >= 15 is 0 Å². The zero-order chi connectivity index (χ0) is 14.8. The molecule has 2 aromatic carbocycles. The lowest BCUT2D eigenvalue weighted by atomic mass is 9.89. The van der Waals surface area contributed by atoms with Gasteiger partial charge in [-0.3, -0.25) is 4.79 Å². The van der Waals surface area contributed by atoms with E-state index in [0.29, 0.717) is 12.0 Å². The number of ether oxygens (including phenoxy) is 1. The maximum absolute atomic E-state index is 11.1. The highest BCUT2D eigenvalue weighted by Crippen LogP contribution is 2.36. The number of phenolic OH excluding ortho intramolecular Hbond substituents is 1. The first-order chi connectivity index (χ1) is 10.2. The van der Waals surface area contributed by atoms with Crippen LogP contribution in [-0.4, -0.2) is 18.5 Å². The standard InChI is InChI=1S/C18H18O3/c1-21-17-10-15(9-16(11-19)18(17)20)14-7-6-12-4-2-3-5-13(12)8-14/h6-11,20H,2-5H2,1H3. The lowest BCUT2D eigenvalue weighted by molar-refractivity contribution is 0.112. The molecule has 0 unspecified atom stereocenters. The van der Waals surface area contributed by atoms with Crippen molar-refractivity contribution in [3.8, 4) is 22.6 Å². The summed E-state index contributed by atoms with van der Waals surface area (Å²) in [6.07, 6.45) is 5.40. The summed E-state index contributed by atoms with van der Waals surface area (Å²) in [7, 11) is 1.49. The molecule has 0 saturated heterocycles. The molecule has 0 amide bonds. The van der Waals surface area contributed by atoms with Gasteiger partial charge in [0.15, 0.2) is 17.8 Å². The number of carbonyl (C=O) groups excluding carboxylic acids is 1. The van der Waals surface area contributed by atoms with Gasteiger partial charge < -0.3 is 9.84 Å². The molecule has 108 valence electrons. The fourth-order valence-corrected chi connectivity index (χ4v) is 2.95. The Morgan fingerprint density at radius 2 is 1.81 bits per heavy atom. The Morgan fingerprint density at radius 1 is 1.05 bits per heavy atom. The normalized spacial score (nSPS) is 13.6. The summed E-state index contributed by atoms with van der Waals surface area (Å²) in [5.41, 5.74) is 5.00. The van der Waals surface area contributed by atoms with Crippen LogP contribution in [0, 0.1) is 0 Å². The Labute approximate surface area is 124 Å². The number of hydrogen-bond acceptors (Lipinski definition) is 3. The van der Waals surface area contributed by atoms with Crippen LogP contribution >= 0.6 is 0 Å². The fourth-order valence-electron chi connectivity index (χ4n) is 2.95. The minimum Gasteiger partial charge on any atom is -0.504 e. The summed E-state index contributed by atoms with van der Waals surface area (Å²) in [5.74, 6) is 0.224. The highest BCUT2D eigenvalue weighted by molar-refractivity contribution is 5.85. The molecule has 0 fully saturated rings. The van der Waals surface area contributed by atoms with Gasteiger partial charge in [-0.05, 0) is 60.1 Å². The van der Waals surface area contributed by atoms with Crippen LogP contribution in [0.3, 0.4) is 0 Å². The lowest BCUT2D eigenvalue weighted by Gasteiger charge is -2.17. The molecule has 0 spiro atoms.